The molecule has 0 aliphatic rings. The third kappa shape index (κ3) is 14.4. The standard InChI is InChI=1S/C14H27NO4.C9H15NO2/c1-8-18-11(16)10(13(2,3)4)9-15-12(17)19-14(5,6)7;1-6-12-8(11)7(10-5)9(2,3)4/h10H,8-9H2,1-7H3,(H,15,17);7H,6H2,1-4H3. The summed E-state index contributed by atoms with van der Waals surface area (Å²) in [4.78, 5) is 37.9. The summed E-state index contributed by atoms with van der Waals surface area (Å²) in [6.45, 7) is 28.0. The third-order valence-corrected chi connectivity index (χ3v) is 3.93. The molecule has 0 spiro atoms. The van der Waals surface area contributed by atoms with Gasteiger partial charge in [-0.25, -0.2) is 16.2 Å². The van der Waals surface area contributed by atoms with Crippen molar-refractivity contribution in [3.63, 3.8) is 0 Å². The molecule has 8 heteroatoms. The van der Waals surface area contributed by atoms with E-state index in [-0.39, 0.29) is 23.3 Å². The molecule has 0 rings (SSSR count). The van der Waals surface area contributed by atoms with Gasteiger partial charge >= 0.3 is 24.1 Å². The minimum atomic E-state index is -0.683. The second kappa shape index (κ2) is 13.2. The van der Waals surface area contributed by atoms with Gasteiger partial charge in [0.05, 0.1) is 19.1 Å². The van der Waals surface area contributed by atoms with Crippen LogP contribution in [-0.4, -0.2) is 49.4 Å². The van der Waals surface area contributed by atoms with Crippen LogP contribution in [0.1, 0.15) is 76.2 Å². The lowest BCUT2D eigenvalue weighted by atomic mass is 9.80. The SMILES string of the molecule is CCOC(=O)C(CNC(=O)OC(C)(C)C)C(C)(C)C.[C-]#[N+]C(C(=O)OCC)C(C)(C)C. The van der Waals surface area contributed by atoms with Gasteiger partial charge in [-0.15, -0.1) is 0 Å². The van der Waals surface area contributed by atoms with E-state index in [1.165, 1.54) is 0 Å². The van der Waals surface area contributed by atoms with E-state index in [0.717, 1.165) is 0 Å². The number of nitrogens with zero attached hydrogens (tertiary/aromatic N) is 1. The third-order valence-electron chi connectivity index (χ3n) is 3.93. The summed E-state index contributed by atoms with van der Waals surface area (Å²) in [5.74, 6) is -1.12. The lowest BCUT2D eigenvalue weighted by Gasteiger charge is -2.29. The first-order valence-corrected chi connectivity index (χ1v) is 10.6. The van der Waals surface area contributed by atoms with Crippen molar-refractivity contribution in [3.05, 3.63) is 11.4 Å². The zero-order valence-electron chi connectivity index (χ0n) is 21.2. The van der Waals surface area contributed by atoms with Crippen LogP contribution in [0.25, 0.3) is 4.85 Å². The monoisotopic (exact) mass is 442 g/mol. The Kier molecular flexibility index (Phi) is 13.1. The average Bonchev–Trinajstić information content (AvgIpc) is 2.52. The lowest BCUT2D eigenvalue weighted by Crippen LogP contribution is -2.42. The van der Waals surface area contributed by atoms with Crippen LogP contribution < -0.4 is 5.32 Å². The Bertz CT molecular complexity index is 618. The molecule has 0 aromatic carbocycles. The van der Waals surface area contributed by atoms with Crippen LogP contribution >= 0.6 is 0 Å². The van der Waals surface area contributed by atoms with E-state index in [1.54, 1.807) is 34.6 Å². The highest BCUT2D eigenvalue weighted by Crippen LogP contribution is 2.26. The second-order valence-electron chi connectivity index (χ2n) is 10.2. The lowest BCUT2D eigenvalue weighted by molar-refractivity contribution is -0.151. The molecule has 2 unspecified atom stereocenters. The molecule has 0 aliphatic carbocycles. The van der Waals surface area contributed by atoms with E-state index in [2.05, 4.69) is 10.2 Å². The minimum Gasteiger partial charge on any atom is -0.466 e. The predicted molar refractivity (Wildman–Crippen MR) is 120 cm³/mol. The molecular weight excluding hydrogens is 400 g/mol. The normalized spacial score (nSPS) is 13.5. The molecule has 1 amide bonds. The summed E-state index contributed by atoms with van der Waals surface area (Å²) in [7, 11) is 0. The number of carbonyl (C=O) groups is 3. The molecule has 0 saturated carbocycles. The van der Waals surface area contributed by atoms with Gasteiger partial charge in [-0.2, -0.15) is 0 Å². The molecule has 0 aromatic heterocycles. The van der Waals surface area contributed by atoms with Gasteiger partial charge in [-0.1, -0.05) is 41.5 Å². The molecule has 0 fully saturated rings. The van der Waals surface area contributed by atoms with Gasteiger partial charge in [0, 0.05) is 12.0 Å². The highest BCUT2D eigenvalue weighted by Gasteiger charge is 2.38. The fourth-order valence-electron chi connectivity index (χ4n) is 2.31. The predicted octanol–water partition coefficient (Wildman–Crippen LogP) is 4.62. The number of hydrogen-bond donors (Lipinski definition) is 1. The largest absolute Gasteiger partial charge is 0.466 e. The Balaban J connectivity index is 0. The number of esters is 2. The molecule has 31 heavy (non-hydrogen) atoms. The molecule has 180 valence electrons. The van der Waals surface area contributed by atoms with Crippen molar-refractivity contribution in [2.45, 2.75) is 87.8 Å². The van der Waals surface area contributed by atoms with Crippen molar-refractivity contribution in [1.82, 2.24) is 5.32 Å². The minimum absolute atomic E-state index is 0.206. The van der Waals surface area contributed by atoms with Crippen LogP contribution in [0.5, 0.6) is 0 Å². The van der Waals surface area contributed by atoms with Crippen molar-refractivity contribution in [1.29, 1.82) is 0 Å². The topological polar surface area (TPSA) is 95.3 Å². The summed E-state index contributed by atoms with van der Waals surface area (Å²) >= 11 is 0. The van der Waals surface area contributed by atoms with Gasteiger partial charge in [-0.05, 0) is 40.0 Å². The first kappa shape index (κ1) is 30.9. The Morgan fingerprint density at radius 1 is 0.839 bits per heavy atom. The number of amides is 1. The van der Waals surface area contributed by atoms with Crippen LogP contribution in [0.2, 0.25) is 0 Å². The van der Waals surface area contributed by atoms with Gasteiger partial charge in [0.2, 0.25) is 0 Å². The summed E-state index contributed by atoms with van der Waals surface area (Å²) in [6.07, 6.45) is -0.522. The fourth-order valence-corrected chi connectivity index (χ4v) is 2.31. The van der Waals surface area contributed by atoms with Crippen molar-refractivity contribution >= 4 is 18.0 Å². The quantitative estimate of drug-likeness (QED) is 0.366. The smallest absolute Gasteiger partial charge is 0.407 e. The maximum atomic E-state index is 11.9. The molecule has 0 bridgehead atoms. The molecule has 2 atom stereocenters. The van der Waals surface area contributed by atoms with Crippen LogP contribution in [0.3, 0.4) is 0 Å². The Labute approximate surface area is 188 Å². The molecule has 0 heterocycles. The van der Waals surface area contributed by atoms with Crippen LogP contribution in [-0.2, 0) is 23.8 Å². The maximum absolute atomic E-state index is 11.9. The molecule has 0 aliphatic heterocycles. The van der Waals surface area contributed by atoms with Gasteiger partial charge in [0.25, 0.3) is 0 Å². The van der Waals surface area contributed by atoms with Crippen molar-refractivity contribution in [3.8, 4) is 0 Å². The van der Waals surface area contributed by atoms with E-state index in [9.17, 15) is 14.4 Å². The number of rotatable bonds is 6. The Morgan fingerprint density at radius 2 is 1.29 bits per heavy atom. The van der Waals surface area contributed by atoms with Crippen LogP contribution in [0.4, 0.5) is 4.79 Å². The molecule has 0 radical (unpaired) electrons. The Hall–Kier alpha value is -2.30. The molecule has 0 aromatic rings. The summed E-state index contributed by atoms with van der Waals surface area (Å²) in [5.41, 5.74) is -1.18. The number of hydrogen-bond acceptors (Lipinski definition) is 6. The number of ether oxygens (including phenoxy) is 3. The second-order valence-corrected chi connectivity index (χ2v) is 10.2. The van der Waals surface area contributed by atoms with Gasteiger partial charge in [0.1, 0.15) is 5.60 Å². The summed E-state index contributed by atoms with van der Waals surface area (Å²) < 4.78 is 14.9. The number of nitrogens with one attached hydrogen (secondary N) is 1. The van der Waals surface area contributed by atoms with E-state index in [4.69, 9.17) is 20.8 Å². The first-order chi connectivity index (χ1) is 13.9. The van der Waals surface area contributed by atoms with Gasteiger partial charge in [0.15, 0.2) is 0 Å². The molecular formula is C23H42N2O6. The zero-order chi connectivity index (χ0) is 25.0. The molecule has 1 N–H and O–H groups in total. The fraction of sp³-hybridized carbons (Fsp3) is 0.826. The van der Waals surface area contributed by atoms with Crippen LogP contribution in [0.15, 0.2) is 0 Å². The maximum Gasteiger partial charge on any atom is 0.407 e. The van der Waals surface area contributed by atoms with Crippen molar-refractivity contribution < 1.29 is 28.6 Å². The van der Waals surface area contributed by atoms with E-state index in [0.29, 0.717) is 13.2 Å². The highest BCUT2D eigenvalue weighted by molar-refractivity contribution is 5.78. The zero-order valence-corrected chi connectivity index (χ0v) is 21.2. The van der Waals surface area contributed by atoms with Gasteiger partial charge in [-0.3, -0.25) is 4.79 Å². The van der Waals surface area contributed by atoms with Crippen molar-refractivity contribution in [2.75, 3.05) is 19.8 Å². The number of carbonyl (C=O) groups excluding carboxylic acids is 3. The van der Waals surface area contributed by atoms with Crippen molar-refractivity contribution in [2.24, 2.45) is 16.7 Å². The first-order valence-electron chi connectivity index (χ1n) is 10.6. The van der Waals surface area contributed by atoms with E-state index in [1.807, 2.05) is 41.5 Å². The average molecular weight is 443 g/mol. The highest BCUT2D eigenvalue weighted by atomic mass is 16.6. The molecule has 8 nitrogen and oxygen atoms in total. The van der Waals surface area contributed by atoms with Gasteiger partial charge < -0.3 is 24.4 Å². The summed E-state index contributed by atoms with van der Waals surface area (Å²) in [5, 5.41) is 2.62. The van der Waals surface area contributed by atoms with E-state index >= 15 is 0 Å². The molecule has 0 saturated heterocycles. The number of alkyl carbamates (subject to hydrolysis) is 1. The van der Waals surface area contributed by atoms with Crippen LogP contribution in [0, 0.1) is 23.3 Å². The van der Waals surface area contributed by atoms with E-state index < -0.39 is 29.6 Å². The summed E-state index contributed by atoms with van der Waals surface area (Å²) in [6, 6.07) is -0.683. The Morgan fingerprint density at radius 3 is 1.61 bits per heavy atom.